The van der Waals surface area contributed by atoms with Crippen LogP contribution in [0, 0.1) is 0 Å². The first-order valence-electron chi connectivity index (χ1n) is 5.87. The lowest BCUT2D eigenvalue weighted by atomic mass is 10.2. The number of nitrogens with two attached hydrogens (primary N) is 1. The van der Waals surface area contributed by atoms with E-state index in [0.717, 1.165) is 0 Å². The molecule has 0 aromatic heterocycles. The molecule has 0 aliphatic rings. The van der Waals surface area contributed by atoms with E-state index in [9.17, 15) is 13.6 Å². The maximum atomic E-state index is 12.3. The summed E-state index contributed by atoms with van der Waals surface area (Å²) >= 11 is 5.78. The van der Waals surface area contributed by atoms with Gasteiger partial charge in [-0.3, -0.25) is 4.79 Å². The van der Waals surface area contributed by atoms with Crippen LogP contribution in [0.1, 0.15) is 10.4 Å². The van der Waals surface area contributed by atoms with E-state index in [4.69, 9.17) is 17.3 Å². The summed E-state index contributed by atoms with van der Waals surface area (Å²) < 4.78 is 28.9. The molecule has 2 rings (SSSR count). The molecule has 0 radical (unpaired) electrons. The van der Waals surface area contributed by atoms with E-state index in [-0.39, 0.29) is 11.3 Å². The fourth-order valence-electron chi connectivity index (χ4n) is 1.67. The highest BCUT2D eigenvalue weighted by Crippen LogP contribution is 2.25. The van der Waals surface area contributed by atoms with Gasteiger partial charge in [-0.15, -0.1) is 0 Å². The number of halogens is 3. The van der Waals surface area contributed by atoms with Crippen molar-refractivity contribution in [1.82, 2.24) is 0 Å². The van der Waals surface area contributed by atoms with E-state index >= 15 is 0 Å². The largest absolute Gasteiger partial charge is 0.434 e. The molecule has 2 aromatic carbocycles. The summed E-state index contributed by atoms with van der Waals surface area (Å²) in [6, 6.07) is 10.2. The Kier molecular flexibility index (Phi) is 4.59. The van der Waals surface area contributed by atoms with Gasteiger partial charge in [0.1, 0.15) is 5.75 Å². The van der Waals surface area contributed by atoms with Crippen LogP contribution in [0.3, 0.4) is 0 Å². The number of nitrogen functional groups attached to an aromatic ring is 1. The van der Waals surface area contributed by atoms with Crippen LogP contribution in [0.25, 0.3) is 0 Å². The first-order chi connectivity index (χ1) is 9.97. The summed E-state index contributed by atoms with van der Waals surface area (Å²) in [6.45, 7) is -3.01. The van der Waals surface area contributed by atoms with Crippen LogP contribution >= 0.6 is 11.6 Å². The summed E-state index contributed by atoms with van der Waals surface area (Å²) in [6.07, 6.45) is 0. The van der Waals surface area contributed by atoms with Crippen molar-refractivity contribution in [3.8, 4) is 5.75 Å². The van der Waals surface area contributed by atoms with Crippen molar-refractivity contribution in [1.29, 1.82) is 0 Å². The summed E-state index contributed by atoms with van der Waals surface area (Å²) in [7, 11) is 0. The summed E-state index contributed by atoms with van der Waals surface area (Å²) in [5.41, 5.74) is 6.31. The molecule has 3 N–H and O–H groups in total. The fourth-order valence-corrected chi connectivity index (χ4v) is 1.79. The second kappa shape index (κ2) is 6.41. The molecule has 0 heterocycles. The topological polar surface area (TPSA) is 64.3 Å². The lowest BCUT2D eigenvalue weighted by Gasteiger charge is -2.11. The van der Waals surface area contributed by atoms with Crippen molar-refractivity contribution in [2.45, 2.75) is 6.61 Å². The number of ether oxygens (including phenoxy) is 1. The minimum Gasteiger partial charge on any atom is -0.434 e. The predicted octanol–water partition coefficient (Wildman–Crippen LogP) is 3.78. The Balaban J connectivity index is 2.22. The molecule has 0 unspecified atom stereocenters. The Morgan fingerprint density at radius 2 is 1.95 bits per heavy atom. The van der Waals surface area contributed by atoms with Crippen molar-refractivity contribution in [3.05, 3.63) is 53.1 Å². The Labute approximate surface area is 124 Å². The standard InChI is InChI=1S/C14H11ClF2N2O2/c15-10-6-5-8(7-11(10)18)19-13(20)9-3-1-2-4-12(9)21-14(16)17/h1-7,14H,18H2,(H,19,20). The van der Waals surface area contributed by atoms with Gasteiger partial charge >= 0.3 is 6.61 Å². The number of carbonyl (C=O) groups excluding carboxylic acids is 1. The highest BCUT2D eigenvalue weighted by atomic mass is 35.5. The van der Waals surface area contributed by atoms with Crippen LogP contribution in [-0.4, -0.2) is 12.5 Å². The molecule has 110 valence electrons. The first kappa shape index (κ1) is 15.1. The molecule has 21 heavy (non-hydrogen) atoms. The van der Waals surface area contributed by atoms with Crippen LogP contribution < -0.4 is 15.8 Å². The number of rotatable bonds is 4. The van der Waals surface area contributed by atoms with Crippen LogP contribution in [-0.2, 0) is 0 Å². The number of benzene rings is 2. The van der Waals surface area contributed by atoms with Crippen molar-refractivity contribution < 1.29 is 18.3 Å². The van der Waals surface area contributed by atoms with E-state index in [1.807, 2.05) is 0 Å². The SMILES string of the molecule is Nc1cc(NC(=O)c2ccccc2OC(F)F)ccc1Cl. The number of alkyl halides is 2. The third-order valence-electron chi connectivity index (χ3n) is 2.60. The summed E-state index contributed by atoms with van der Waals surface area (Å²) in [4.78, 5) is 12.1. The highest BCUT2D eigenvalue weighted by Gasteiger charge is 2.15. The number of amides is 1. The maximum Gasteiger partial charge on any atom is 0.387 e. The van der Waals surface area contributed by atoms with E-state index < -0.39 is 12.5 Å². The number of hydrogen-bond donors (Lipinski definition) is 2. The molecule has 1 amide bonds. The first-order valence-corrected chi connectivity index (χ1v) is 6.25. The lowest BCUT2D eigenvalue weighted by molar-refractivity contribution is -0.0501. The molecule has 4 nitrogen and oxygen atoms in total. The van der Waals surface area contributed by atoms with Crippen LogP contribution in [0.2, 0.25) is 5.02 Å². The molecule has 0 saturated heterocycles. The van der Waals surface area contributed by atoms with E-state index in [1.54, 1.807) is 12.1 Å². The molecule has 0 bridgehead atoms. The molecular weight excluding hydrogens is 302 g/mol. The third-order valence-corrected chi connectivity index (χ3v) is 2.95. The molecule has 0 aliphatic heterocycles. The van der Waals surface area contributed by atoms with Gasteiger partial charge in [0.15, 0.2) is 0 Å². The van der Waals surface area contributed by atoms with Gasteiger partial charge in [0, 0.05) is 5.69 Å². The smallest absolute Gasteiger partial charge is 0.387 e. The van der Waals surface area contributed by atoms with Crippen LogP contribution in [0.15, 0.2) is 42.5 Å². The zero-order chi connectivity index (χ0) is 15.4. The molecule has 0 atom stereocenters. The van der Waals surface area contributed by atoms with Crippen molar-refractivity contribution in [3.63, 3.8) is 0 Å². The van der Waals surface area contributed by atoms with Gasteiger partial charge in [-0.1, -0.05) is 23.7 Å². The Hall–Kier alpha value is -2.34. The number of para-hydroxylation sites is 1. The van der Waals surface area contributed by atoms with Crippen LogP contribution in [0.4, 0.5) is 20.2 Å². The molecule has 7 heteroatoms. The number of nitrogens with one attached hydrogen (secondary N) is 1. The predicted molar refractivity (Wildman–Crippen MR) is 76.9 cm³/mol. The quantitative estimate of drug-likeness (QED) is 0.845. The Morgan fingerprint density at radius 1 is 1.24 bits per heavy atom. The normalized spacial score (nSPS) is 10.5. The van der Waals surface area contributed by atoms with Crippen molar-refractivity contribution in [2.75, 3.05) is 11.1 Å². The van der Waals surface area contributed by atoms with Crippen molar-refractivity contribution in [2.24, 2.45) is 0 Å². The minimum atomic E-state index is -3.01. The zero-order valence-electron chi connectivity index (χ0n) is 10.6. The van der Waals surface area contributed by atoms with E-state index in [0.29, 0.717) is 16.4 Å². The fraction of sp³-hybridized carbons (Fsp3) is 0.0714. The van der Waals surface area contributed by atoms with Crippen LogP contribution in [0.5, 0.6) is 5.75 Å². The maximum absolute atomic E-state index is 12.3. The number of hydrogen-bond acceptors (Lipinski definition) is 3. The molecule has 2 aromatic rings. The van der Waals surface area contributed by atoms with E-state index in [1.165, 1.54) is 30.3 Å². The minimum absolute atomic E-state index is 0.00804. The monoisotopic (exact) mass is 312 g/mol. The number of anilines is 2. The zero-order valence-corrected chi connectivity index (χ0v) is 11.4. The summed E-state index contributed by atoms with van der Waals surface area (Å²) in [5.74, 6) is -0.792. The Morgan fingerprint density at radius 3 is 2.62 bits per heavy atom. The van der Waals surface area contributed by atoms with Gasteiger partial charge in [-0.05, 0) is 30.3 Å². The highest BCUT2D eigenvalue weighted by molar-refractivity contribution is 6.33. The van der Waals surface area contributed by atoms with Gasteiger partial charge in [0.25, 0.3) is 5.91 Å². The van der Waals surface area contributed by atoms with Gasteiger partial charge in [-0.25, -0.2) is 0 Å². The second-order valence-electron chi connectivity index (χ2n) is 4.07. The summed E-state index contributed by atoms with van der Waals surface area (Å²) in [5, 5.41) is 2.89. The van der Waals surface area contributed by atoms with Crippen molar-refractivity contribution >= 4 is 28.9 Å². The lowest BCUT2D eigenvalue weighted by Crippen LogP contribution is -2.15. The Bertz CT molecular complexity index is 665. The molecule has 0 fully saturated rings. The molecule has 0 spiro atoms. The van der Waals surface area contributed by atoms with Gasteiger partial charge < -0.3 is 15.8 Å². The van der Waals surface area contributed by atoms with Gasteiger partial charge in [0.2, 0.25) is 0 Å². The average Bonchev–Trinajstić information content (AvgIpc) is 2.43. The van der Waals surface area contributed by atoms with Gasteiger partial charge in [-0.2, -0.15) is 8.78 Å². The molecular formula is C14H11ClF2N2O2. The second-order valence-corrected chi connectivity index (χ2v) is 4.47. The molecule has 0 aliphatic carbocycles. The third kappa shape index (κ3) is 3.82. The molecule has 0 saturated carbocycles. The van der Waals surface area contributed by atoms with Gasteiger partial charge in [0.05, 0.1) is 16.3 Å². The average molecular weight is 313 g/mol. The number of carbonyl (C=O) groups is 1. The van der Waals surface area contributed by atoms with E-state index in [2.05, 4.69) is 10.1 Å².